The summed E-state index contributed by atoms with van der Waals surface area (Å²) in [6.07, 6.45) is 0. The zero-order valence-electron chi connectivity index (χ0n) is 12.3. The molecule has 0 heterocycles. The third-order valence-corrected chi connectivity index (χ3v) is 3.46. The van der Waals surface area contributed by atoms with Crippen LogP contribution in [0, 0.1) is 0 Å². The Labute approximate surface area is 130 Å². The number of nitrogens with two attached hydrogens (primary N) is 1. The van der Waals surface area contributed by atoms with Crippen molar-refractivity contribution in [3.8, 4) is 11.5 Å². The molecule has 0 saturated heterocycles. The van der Waals surface area contributed by atoms with E-state index in [2.05, 4.69) is 19.9 Å². The number of halogens is 1. The first-order valence-electron chi connectivity index (χ1n) is 6.97. The summed E-state index contributed by atoms with van der Waals surface area (Å²) in [7, 11) is 0. The van der Waals surface area contributed by atoms with Crippen molar-refractivity contribution < 1.29 is 9.47 Å². The maximum atomic E-state index is 5.86. The van der Waals surface area contributed by atoms with Gasteiger partial charge in [-0.1, -0.05) is 43.6 Å². The number of para-hydroxylation sites is 1. The Bertz CT molecular complexity index is 599. The van der Waals surface area contributed by atoms with Crippen molar-refractivity contribution in [1.29, 1.82) is 0 Å². The van der Waals surface area contributed by atoms with Gasteiger partial charge in [-0.25, -0.2) is 0 Å². The second-order valence-corrected chi connectivity index (χ2v) is 5.48. The van der Waals surface area contributed by atoms with E-state index in [-0.39, 0.29) is 0 Å². The Kier molecular flexibility index (Phi) is 5.34. The van der Waals surface area contributed by atoms with E-state index in [0.29, 0.717) is 35.6 Å². The average molecular weight is 306 g/mol. The second-order valence-electron chi connectivity index (χ2n) is 5.07. The third-order valence-electron chi connectivity index (χ3n) is 3.12. The predicted octanol–water partition coefficient (Wildman–Crippen LogP) is 4.50. The zero-order chi connectivity index (χ0) is 15.2. The number of anilines is 1. The summed E-state index contributed by atoms with van der Waals surface area (Å²) in [6.45, 7) is 5.23. The Hall–Kier alpha value is -1.87. The molecule has 0 aromatic heterocycles. The van der Waals surface area contributed by atoms with Crippen molar-refractivity contribution in [3.05, 3.63) is 53.1 Å². The summed E-state index contributed by atoms with van der Waals surface area (Å²) in [4.78, 5) is 0. The van der Waals surface area contributed by atoms with E-state index in [4.69, 9.17) is 26.8 Å². The highest BCUT2D eigenvalue weighted by molar-refractivity contribution is 6.33. The maximum absolute atomic E-state index is 5.86. The molecule has 0 unspecified atom stereocenters. The first kappa shape index (κ1) is 15.5. The van der Waals surface area contributed by atoms with Crippen molar-refractivity contribution in [2.45, 2.75) is 19.8 Å². The van der Waals surface area contributed by atoms with Crippen LogP contribution in [-0.4, -0.2) is 13.2 Å². The summed E-state index contributed by atoms with van der Waals surface area (Å²) in [5.41, 5.74) is 7.44. The molecule has 112 valence electrons. The molecule has 21 heavy (non-hydrogen) atoms. The minimum absolute atomic E-state index is 0.429. The lowest BCUT2D eigenvalue weighted by molar-refractivity contribution is 0.215. The second kappa shape index (κ2) is 7.23. The summed E-state index contributed by atoms with van der Waals surface area (Å²) >= 11 is 5.86. The molecule has 0 fully saturated rings. The van der Waals surface area contributed by atoms with Gasteiger partial charge in [0, 0.05) is 6.07 Å². The maximum Gasteiger partial charge on any atom is 0.122 e. The standard InChI is InChI=1S/C17H20ClNO2/c1-12(2)14-5-3-4-6-17(14)21-10-9-20-13-7-8-15(18)16(19)11-13/h3-8,11-12H,9-10,19H2,1-2H3. The fourth-order valence-corrected chi connectivity index (χ4v) is 2.13. The molecule has 2 aromatic rings. The Morgan fingerprint density at radius 1 is 1.05 bits per heavy atom. The number of nitrogen functional groups attached to an aromatic ring is 1. The van der Waals surface area contributed by atoms with Crippen molar-refractivity contribution in [3.63, 3.8) is 0 Å². The van der Waals surface area contributed by atoms with Gasteiger partial charge in [-0.3, -0.25) is 0 Å². The molecule has 0 radical (unpaired) electrons. The van der Waals surface area contributed by atoms with Gasteiger partial charge in [0.2, 0.25) is 0 Å². The van der Waals surface area contributed by atoms with Crippen molar-refractivity contribution in [1.82, 2.24) is 0 Å². The molecule has 0 saturated carbocycles. The van der Waals surface area contributed by atoms with E-state index in [1.165, 1.54) is 5.56 Å². The fourth-order valence-electron chi connectivity index (χ4n) is 2.01. The van der Waals surface area contributed by atoms with Crippen LogP contribution in [0.1, 0.15) is 25.3 Å². The third kappa shape index (κ3) is 4.30. The van der Waals surface area contributed by atoms with Gasteiger partial charge >= 0.3 is 0 Å². The molecule has 2 rings (SSSR count). The zero-order valence-corrected chi connectivity index (χ0v) is 13.1. The van der Waals surface area contributed by atoms with Crippen molar-refractivity contribution in [2.75, 3.05) is 18.9 Å². The highest BCUT2D eigenvalue weighted by Gasteiger charge is 2.06. The van der Waals surface area contributed by atoms with Crippen LogP contribution in [0.5, 0.6) is 11.5 Å². The smallest absolute Gasteiger partial charge is 0.122 e. The molecule has 0 atom stereocenters. The SMILES string of the molecule is CC(C)c1ccccc1OCCOc1ccc(Cl)c(N)c1. The van der Waals surface area contributed by atoms with Crippen LogP contribution in [0.3, 0.4) is 0 Å². The Morgan fingerprint density at radius 3 is 2.48 bits per heavy atom. The van der Waals surface area contributed by atoms with Crippen molar-refractivity contribution in [2.24, 2.45) is 0 Å². The van der Waals surface area contributed by atoms with Crippen LogP contribution in [0.4, 0.5) is 5.69 Å². The normalized spacial score (nSPS) is 10.7. The van der Waals surface area contributed by atoms with Crippen LogP contribution in [-0.2, 0) is 0 Å². The highest BCUT2D eigenvalue weighted by atomic mass is 35.5. The summed E-state index contributed by atoms with van der Waals surface area (Å²) in [5.74, 6) is 2.03. The van der Waals surface area contributed by atoms with Gasteiger partial charge in [-0.15, -0.1) is 0 Å². The van der Waals surface area contributed by atoms with Crippen LogP contribution < -0.4 is 15.2 Å². The molecule has 0 aliphatic heterocycles. The van der Waals surface area contributed by atoms with E-state index >= 15 is 0 Å². The monoisotopic (exact) mass is 305 g/mol. The van der Waals surface area contributed by atoms with Gasteiger partial charge in [0.15, 0.2) is 0 Å². The van der Waals surface area contributed by atoms with E-state index in [0.717, 1.165) is 5.75 Å². The number of hydrogen-bond acceptors (Lipinski definition) is 3. The minimum Gasteiger partial charge on any atom is -0.490 e. The number of ether oxygens (including phenoxy) is 2. The fraction of sp³-hybridized carbons (Fsp3) is 0.294. The number of benzene rings is 2. The molecule has 2 aromatic carbocycles. The van der Waals surface area contributed by atoms with Crippen LogP contribution in [0.15, 0.2) is 42.5 Å². The summed E-state index contributed by atoms with van der Waals surface area (Å²) < 4.78 is 11.4. The Balaban J connectivity index is 1.86. The number of hydrogen-bond donors (Lipinski definition) is 1. The van der Waals surface area contributed by atoms with Gasteiger partial charge < -0.3 is 15.2 Å². The topological polar surface area (TPSA) is 44.5 Å². The molecule has 0 aliphatic rings. The molecular weight excluding hydrogens is 286 g/mol. The largest absolute Gasteiger partial charge is 0.490 e. The van der Waals surface area contributed by atoms with Gasteiger partial charge in [-0.2, -0.15) is 0 Å². The lowest BCUT2D eigenvalue weighted by Gasteiger charge is -2.14. The van der Waals surface area contributed by atoms with Gasteiger partial charge in [0.25, 0.3) is 0 Å². The van der Waals surface area contributed by atoms with Crippen molar-refractivity contribution >= 4 is 17.3 Å². The lowest BCUT2D eigenvalue weighted by Crippen LogP contribution is -2.10. The number of rotatable bonds is 6. The van der Waals surface area contributed by atoms with Gasteiger partial charge in [0.05, 0.1) is 10.7 Å². The van der Waals surface area contributed by atoms with Crippen LogP contribution in [0.25, 0.3) is 0 Å². The predicted molar refractivity (Wildman–Crippen MR) is 87.4 cm³/mol. The summed E-state index contributed by atoms with van der Waals surface area (Å²) in [6, 6.07) is 13.3. The van der Waals surface area contributed by atoms with Gasteiger partial charge in [0.1, 0.15) is 24.7 Å². The first-order valence-corrected chi connectivity index (χ1v) is 7.35. The van der Waals surface area contributed by atoms with E-state index in [9.17, 15) is 0 Å². The highest BCUT2D eigenvalue weighted by Crippen LogP contribution is 2.26. The molecule has 4 heteroatoms. The molecular formula is C17H20ClNO2. The minimum atomic E-state index is 0.429. The molecule has 0 bridgehead atoms. The molecule has 0 amide bonds. The molecule has 0 aliphatic carbocycles. The Morgan fingerprint density at radius 2 is 1.76 bits per heavy atom. The quantitative estimate of drug-likeness (QED) is 0.631. The summed E-state index contributed by atoms with van der Waals surface area (Å²) in [5, 5.41) is 0.532. The van der Waals surface area contributed by atoms with E-state index in [1.54, 1.807) is 18.2 Å². The van der Waals surface area contributed by atoms with E-state index < -0.39 is 0 Å². The molecule has 3 nitrogen and oxygen atoms in total. The first-order chi connectivity index (χ1) is 10.1. The van der Waals surface area contributed by atoms with Crippen LogP contribution >= 0.6 is 11.6 Å². The van der Waals surface area contributed by atoms with Crippen LogP contribution in [0.2, 0.25) is 5.02 Å². The average Bonchev–Trinajstić information content (AvgIpc) is 2.47. The van der Waals surface area contributed by atoms with E-state index in [1.807, 2.05) is 18.2 Å². The lowest BCUT2D eigenvalue weighted by atomic mass is 10.0. The molecule has 2 N–H and O–H groups in total. The van der Waals surface area contributed by atoms with Gasteiger partial charge in [-0.05, 0) is 29.7 Å². The molecule has 0 spiro atoms.